The van der Waals surface area contributed by atoms with Crippen molar-refractivity contribution in [2.24, 2.45) is 52.3 Å². The normalized spacial score (nSPS) is 46.9. The van der Waals surface area contributed by atoms with Gasteiger partial charge >= 0.3 is 193 Å². The van der Waals surface area contributed by atoms with E-state index in [1.54, 1.807) is 8.94 Å². The molecule has 2 heteroatoms. The molecule has 4 rings (SSSR count). The van der Waals surface area contributed by atoms with Gasteiger partial charge in [-0.25, -0.2) is 0 Å². The second-order valence-corrected chi connectivity index (χ2v) is 16.4. The van der Waals surface area contributed by atoms with Crippen LogP contribution in [0.3, 0.4) is 0 Å². The summed E-state index contributed by atoms with van der Waals surface area (Å²) in [6, 6.07) is 0. The number of hydrogen-bond donors (Lipinski definition) is 1. The van der Waals surface area contributed by atoms with Crippen molar-refractivity contribution in [2.45, 2.75) is 120 Å². The summed E-state index contributed by atoms with van der Waals surface area (Å²) in [5.41, 5.74) is 1.17. The summed E-state index contributed by atoms with van der Waals surface area (Å²) in [4.78, 5) is 0. The van der Waals surface area contributed by atoms with Gasteiger partial charge in [-0.05, 0) is 0 Å². The van der Waals surface area contributed by atoms with Gasteiger partial charge in [0.05, 0.1) is 0 Å². The summed E-state index contributed by atoms with van der Waals surface area (Å²) < 4.78 is 3.16. The van der Waals surface area contributed by atoms with Crippen LogP contribution in [-0.2, 0) is 0 Å². The predicted molar refractivity (Wildman–Crippen MR) is 130 cm³/mol. The molecule has 0 aromatic heterocycles. The Morgan fingerprint density at radius 1 is 0.833 bits per heavy atom. The number of fused-ring (bicyclic) bond motifs is 5. The number of aliphatic hydroxyl groups excluding tert-OH is 1. The number of aliphatic hydroxyl groups is 1. The van der Waals surface area contributed by atoms with Crippen LogP contribution in [0.15, 0.2) is 0 Å². The molecule has 4 aliphatic rings. The first-order valence-electron chi connectivity index (χ1n) is 13.5. The summed E-state index contributed by atoms with van der Waals surface area (Å²) in [6.45, 7) is 12.8. The fraction of sp³-hybridized carbons (Fsp3) is 1.00. The molecule has 0 heterocycles. The van der Waals surface area contributed by atoms with Crippen LogP contribution in [0.25, 0.3) is 0 Å². The zero-order valence-corrected chi connectivity index (χ0v) is 23.0. The summed E-state index contributed by atoms with van der Waals surface area (Å²) in [5.74, 6) is 6.62. The molecular formula is C28H50OTe. The van der Waals surface area contributed by atoms with E-state index in [9.17, 15) is 5.11 Å². The Kier molecular flexibility index (Phi) is 7.60. The first-order valence-corrected chi connectivity index (χ1v) is 16.8. The molecule has 174 valence electrons. The molecule has 4 aliphatic carbocycles. The fourth-order valence-corrected chi connectivity index (χ4v) is 13.0. The van der Waals surface area contributed by atoms with Gasteiger partial charge < -0.3 is 5.11 Å². The van der Waals surface area contributed by atoms with Gasteiger partial charge in [-0.15, -0.1) is 0 Å². The van der Waals surface area contributed by atoms with E-state index in [4.69, 9.17) is 0 Å². The van der Waals surface area contributed by atoms with Gasteiger partial charge in [0.1, 0.15) is 0 Å². The van der Waals surface area contributed by atoms with Crippen LogP contribution >= 0.6 is 0 Å². The van der Waals surface area contributed by atoms with Crippen LogP contribution in [0.1, 0.15) is 105 Å². The molecule has 0 amide bonds. The van der Waals surface area contributed by atoms with Crippen molar-refractivity contribution in [1.29, 1.82) is 0 Å². The predicted octanol–water partition coefficient (Wildman–Crippen LogP) is 7.62. The molecule has 1 nitrogen and oxygen atoms in total. The molecule has 4 saturated carbocycles. The van der Waals surface area contributed by atoms with E-state index in [0.717, 1.165) is 54.3 Å². The van der Waals surface area contributed by atoms with Crippen molar-refractivity contribution in [3.63, 3.8) is 0 Å². The first kappa shape index (κ1) is 23.9. The van der Waals surface area contributed by atoms with E-state index in [-0.39, 0.29) is 27.0 Å². The van der Waals surface area contributed by atoms with Gasteiger partial charge in [0.25, 0.3) is 0 Å². The van der Waals surface area contributed by atoms with E-state index < -0.39 is 0 Å². The molecule has 9 atom stereocenters. The molecule has 0 aliphatic heterocycles. The third-order valence-electron chi connectivity index (χ3n) is 11.0. The van der Waals surface area contributed by atoms with Gasteiger partial charge in [-0.2, -0.15) is 0 Å². The maximum absolute atomic E-state index is 10.3. The average Bonchev–Trinajstić information content (AvgIpc) is 3.05. The molecule has 0 saturated heterocycles. The quantitative estimate of drug-likeness (QED) is 0.265. The molecule has 0 spiro atoms. The summed E-state index contributed by atoms with van der Waals surface area (Å²) >= 11 is 0.270. The van der Waals surface area contributed by atoms with Crippen molar-refractivity contribution in [1.82, 2.24) is 0 Å². The topological polar surface area (TPSA) is 20.2 Å². The third kappa shape index (κ3) is 4.42. The monoisotopic (exact) mass is 532 g/mol. The van der Waals surface area contributed by atoms with Crippen LogP contribution in [0.5, 0.6) is 0 Å². The van der Waals surface area contributed by atoms with Gasteiger partial charge in [-0.1, -0.05) is 0 Å². The van der Waals surface area contributed by atoms with E-state index in [2.05, 4.69) is 34.6 Å². The second-order valence-electron chi connectivity index (χ2n) is 12.9. The SMILES string of the molecule is CC(C)CC[Te]CC[C@@H](C)[C@H]1CC[C@H]2[C@@H]3CC[C@@H]4C[C@H](O)CC[C@]4(C)[C@H]3CC[C@]12C. The van der Waals surface area contributed by atoms with Crippen molar-refractivity contribution in [2.75, 3.05) is 0 Å². The van der Waals surface area contributed by atoms with Crippen molar-refractivity contribution in [3.8, 4) is 0 Å². The summed E-state index contributed by atoms with van der Waals surface area (Å²) in [6.07, 6.45) is 15.4. The fourth-order valence-electron chi connectivity index (χ4n) is 9.10. The van der Waals surface area contributed by atoms with E-state index in [1.165, 1.54) is 57.8 Å². The maximum atomic E-state index is 10.3. The standard InChI is InChI=1S/C28H50OTe/c1-19(2)12-16-30-17-13-20(3)24-8-9-25-23-7-6-21-18-22(29)10-14-27(21,4)26(23)11-15-28(24,25)5/h19-26,29H,6-18H2,1-5H3/t20-,21-,22-,23+,24-,25+,26+,27+,28-/m1/s1. The molecule has 0 radical (unpaired) electrons. The van der Waals surface area contributed by atoms with Crippen molar-refractivity contribution < 1.29 is 5.11 Å². The van der Waals surface area contributed by atoms with Crippen LogP contribution < -0.4 is 0 Å². The summed E-state index contributed by atoms with van der Waals surface area (Å²) in [7, 11) is 0. The Morgan fingerprint density at radius 2 is 1.53 bits per heavy atom. The van der Waals surface area contributed by atoms with Gasteiger partial charge in [0.15, 0.2) is 0 Å². The summed E-state index contributed by atoms with van der Waals surface area (Å²) in [5, 5.41) is 10.3. The zero-order valence-electron chi connectivity index (χ0n) is 20.7. The molecule has 0 unspecified atom stereocenters. The molecule has 0 bridgehead atoms. The number of hydrogen-bond acceptors (Lipinski definition) is 1. The molecule has 30 heavy (non-hydrogen) atoms. The molecule has 4 fully saturated rings. The second kappa shape index (κ2) is 9.55. The Bertz CT molecular complexity index is 575. The Hall–Kier alpha value is 0.750. The van der Waals surface area contributed by atoms with Gasteiger partial charge in [0.2, 0.25) is 0 Å². The molecule has 0 aromatic rings. The first-order chi connectivity index (χ1) is 14.3. The minimum absolute atomic E-state index is 0.00551. The zero-order chi connectivity index (χ0) is 21.5. The molecular weight excluding hydrogens is 480 g/mol. The van der Waals surface area contributed by atoms with E-state index >= 15 is 0 Å². The van der Waals surface area contributed by atoms with Crippen LogP contribution in [0.4, 0.5) is 0 Å². The minimum atomic E-state index is -0.00551. The van der Waals surface area contributed by atoms with Crippen LogP contribution in [0.2, 0.25) is 8.94 Å². The van der Waals surface area contributed by atoms with E-state index in [0.29, 0.717) is 10.8 Å². The molecule has 0 aromatic carbocycles. The average molecular weight is 530 g/mol. The van der Waals surface area contributed by atoms with Gasteiger partial charge in [0, 0.05) is 0 Å². The van der Waals surface area contributed by atoms with Crippen molar-refractivity contribution in [3.05, 3.63) is 0 Å². The van der Waals surface area contributed by atoms with Crippen LogP contribution in [0, 0.1) is 52.3 Å². The molecule has 1 N–H and O–H groups in total. The van der Waals surface area contributed by atoms with Gasteiger partial charge in [-0.3, -0.25) is 0 Å². The third-order valence-corrected chi connectivity index (χ3v) is 13.9. The number of rotatable bonds is 7. The van der Waals surface area contributed by atoms with Crippen molar-refractivity contribution >= 4 is 20.9 Å². The van der Waals surface area contributed by atoms with E-state index in [1.807, 2.05) is 0 Å². The Labute approximate surface area is 198 Å². The van der Waals surface area contributed by atoms with Crippen LogP contribution in [-0.4, -0.2) is 32.1 Å². The Balaban J connectivity index is 1.38. The Morgan fingerprint density at radius 3 is 2.30 bits per heavy atom.